The first-order chi connectivity index (χ1) is 15.5. The zero-order chi connectivity index (χ0) is 22.8. The van der Waals surface area contributed by atoms with E-state index in [9.17, 15) is 14.4 Å². The molecule has 0 radical (unpaired) electrons. The number of nitrogen functional groups attached to an aromatic ring is 1. The molecule has 3 aromatic heterocycles. The van der Waals surface area contributed by atoms with Crippen molar-refractivity contribution < 1.29 is 23.9 Å². The summed E-state index contributed by atoms with van der Waals surface area (Å²) in [5.41, 5.74) is 6.44. The maximum absolute atomic E-state index is 13.6. The molecule has 1 aliphatic heterocycles. The molecular weight excluding hydrogens is 468 g/mol. The van der Waals surface area contributed by atoms with E-state index in [1.165, 1.54) is 27.2 Å². The lowest BCUT2D eigenvalue weighted by Gasteiger charge is -2.22. The van der Waals surface area contributed by atoms with Gasteiger partial charge < -0.3 is 15.2 Å². The van der Waals surface area contributed by atoms with Crippen molar-refractivity contribution >= 4 is 68.9 Å². The third-order valence-electron chi connectivity index (χ3n) is 4.70. The number of rotatable bonds is 6. The van der Waals surface area contributed by atoms with Crippen LogP contribution in [0.5, 0.6) is 0 Å². The first-order valence-electron chi connectivity index (χ1n) is 9.86. The van der Waals surface area contributed by atoms with E-state index < -0.39 is 17.2 Å². The molecule has 0 amide bonds. The van der Waals surface area contributed by atoms with Gasteiger partial charge in [-0.05, 0) is 42.8 Å². The van der Waals surface area contributed by atoms with Crippen molar-refractivity contribution in [2.24, 2.45) is 0 Å². The van der Waals surface area contributed by atoms with E-state index >= 15 is 0 Å². The second-order valence-corrected chi connectivity index (χ2v) is 9.72. The SMILES string of the molecule is CCOC(=O)C1=c2/c(=C/c3cccs3)c(N)c(C(=O)OCC)n2C(=O)[C@@H](c2cccs2)S1. The topological polar surface area (TPSA) is 101 Å². The highest BCUT2D eigenvalue weighted by Crippen LogP contribution is 2.41. The van der Waals surface area contributed by atoms with Gasteiger partial charge in [-0.15, -0.1) is 22.7 Å². The summed E-state index contributed by atoms with van der Waals surface area (Å²) in [5.74, 6) is -1.65. The lowest BCUT2D eigenvalue weighted by Crippen LogP contribution is -2.42. The molecule has 0 aromatic carbocycles. The molecule has 0 spiro atoms. The Morgan fingerprint density at radius 2 is 1.78 bits per heavy atom. The molecule has 2 N–H and O–H groups in total. The number of carbonyl (C=O) groups is 3. The summed E-state index contributed by atoms with van der Waals surface area (Å²) in [5, 5.41) is 3.73. The molecule has 0 aliphatic carbocycles. The predicted octanol–water partition coefficient (Wildman–Crippen LogP) is 3.00. The minimum absolute atomic E-state index is 0.0710. The Hall–Kier alpha value is -2.82. The fraction of sp³-hybridized carbons (Fsp3) is 0.227. The normalized spacial score (nSPS) is 16.2. The number of aromatic nitrogens is 1. The largest absolute Gasteiger partial charge is 0.462 e. The van der Waals surface area contributed by atoms with Crippen LogP contribution < -0.4 is 16.3 Å². The zero-order valence-electron chi connectivity index (χ0n) is 17.3. The number of esters is 2. The van der Waals surface area contributed by atoms with Crippen molar-refractivity contribution in [1.29, 1.82) is 0 Å². The van der Waals surface area contributed by atoms with Gasteiger partial charge in [-0.2, -0.15) is 0 Å². The molecule has 4 heterocycles. The lowest BCUT2D eigenvalue weighted by atomic mass is 10.2. The van der Waals surface area contributed by atoms with Gasteiger partial charge in [0.2, 0.25) is 0 Å². The fourth-order valence-electron chi connectivity index (χ4n) is 3.42. The van der Waals surface area contributed by atoms with E-state index in [-0.39, 0.29) is 40.8 Å². The van der Waals surface area contributed by atoms with E-state index in [4.69, 9.17) is 15.2 Å². The Kier molecular flexibility index (Phi) is 6.54. The molecule has 1 atom stereocenters. The average molecular weight is 489 g/mol. The predicted molar refractivity (Wildman–Crippen MR) is 127 cm³/mol. The fourth-order valence-corrected chi connectivity index (χ4v) is 6.19. The van der Waals surface area contributed by atoms with Crippen molar-refractivity contribution in [3.63, 3.8) is 0 Å². The second kappa shape index (κ2) is 9.35. The van der Waals surface area contributed by atoms with E-state index in [2.05, 4.69) is 0 Å². The van der Waals surface area contributed by atoms with E-state index in [1.807, 2.05) is 35.0 Å². The molecule has 10 heteroatoms. The summed E-state index contributed by atoms with van der Waals surface area (Å²) in [4.78, 5) is 41.4. The van der Waals surface area contributed by atoms with Gasteiger partial charge in [0.25, 0.3) is 5.91 Å². The van der Waals surface area contributed by atoms with Crippen LogP contribution in [-0.4, -0.2) is 35.6 Å². The molecule has 0 saturated carbocycles. The van der Waals surface area contributed by atoms with Crippen LogP contribution in [0.25, 0.3) is 11.0 Å². The van der Waals surface area contributed by atoms with Crippen LogP contribution in [0.15, 0.2) is 35.0 Å². The molecule has 32 heavy (non-hydrogen) atoms. The van der Waals surface area contributed by atoms with E-state index in [1.54, 1.807) is 19.9 Å². The first kappa shape index (κ1) is 22.4. The lowest BCUT2D eigenvalue weighted by molar-refractivity contribution is -0.135. The molecule has 0 unspecified atom stereocenters. The summed E-state index contributed by atoms with van der Waals surface area (Å²) in [6, 6.07) is 7.42. The third-order valence-corrected chi connectivity index (χ3v) is 7.90. The average Bonchev–Trinajstić information content (AvgIpc) is 3.52. The third kappa shape index (κ3) is 3.89. The number of ether oxygens (including phenoxy) is 2. The number of nitrogens with zero attached hydrogens (tertiary/aromatic N) is 1. The van der Waals surface area contributed by atoms with Crippen LogP contribution in [0.2, 0.25) is 0 Å². The number of thioether (sulfide) groups is 1. The Morgan fingerprint density at radius 3 is 2.41 bits per heavy atom. The summed E-state index contributed by atoms with van der Waals surface area (Å²) in [6.45, 7) is 3.68. The van der Waals surface area contributed by atoms with E-state index in [0.717, 1.165) is 21.5 Å². The summed E-state index contributed by atoms with van der Waals surface area (Å²) in [7, 11) is 0. The molecule has 7 nitrogen and oxygen atoms in total. The smallest absolute Gasteiger partial charge is 0.357 e. The molecule has 3 aromatic rings. The van der Waals surface area contributed by atoms with Crippen LogP contribution in [0.3, 0.4) is 0 Å². The van der Waals surface area contributed by atoms with Crippen LogP contribution in [0.4, 0.5) is 5.69 Å². The molecule has 0 fully saturated rings. The second-order valence-electron chi connectivity index (χ2n) is 6.64. The van der Waals surface area contributed by atoms with Crippen molar-refractivity contribution in [3.8, 4) is 0 Å². The number of carbonyl (C=O) groups excluding carboxylic acids is 3. The number of hydrogen-bond donors (Lipinski definition) is 1. The molecule has 4 rings (SSSR count). The van der Waals surface area contributed by atoms with Gasteiger partial charge in [0.05, 0.1) is 24.3 Å². The Morgan fingerprint density at radius 1 is 1.09 bits per heavy atom. The van der Waals surface area contributed by atoms with Gasteiger partial charge in [0.15, 0.2) is 5.69 Å². The molecule has 166 valence electrons. The maximum Gasteiger partial charge on any atom is 0.357 e. The highest BCUT2D eigenvalue weighted by molar-refractivity contribution is 8.10. The minimum atomic E-state index is -0.717. The van der Waals surface area contributed by atoms with Crippen molar-refractivity contribution in [2.45, 2.75) is 19.1 Å². The zero-order valence-corrected chi connectivity index (χ0v) is 19.8. The number of nitrogens with two attached hydrogens (primary N) is 1. The number of thiophene rings is 2. The minimum Gasteiger partial charge on any atom is -0.462 e. The highest BCUT2D eigenvalue weighted by Gasteiger charge is 2.38. The van der Waals surface area contributed by atoms with E-state index in [0.29, 0.717) is 5.22 Å². The first-order valence-corrected chi connectivity index (χ1v) is 12.5. The van der Waals surface area contributed by atoms with Gasteiger partial charge in [0.1, 0.15) is 10.2 Å². The maximum atomic E-state index is 13.6. The van der Waals surface area contributed by atoms with Gasteiger partial charge >= 0.3 is 11.9 Å². The Balaban J connectivity index is 2.10. The monoisotopic (exact) mass is 488 g/mol. The quantitative estimate of drug-likeness (QED) is 0.533. The van der Waals surface area contributed by atoms with Crippen molar-refractivity contribution in [3.05, 3.63) is 61.0 Å². The summed E-state index contributed by atoms with van der Waals surface area (Å²) in [6.07, 6.45) is 1.77. The van der Waals surface area contributed by atoms with Crippen LogP contribution >= 0.6 is 34.4 Å². The van der Waals surface area contributed by atoms with Gasteiger partial charge in [0, 0.05) is 15.0 Å². The number of hydrogen-bond acceptors (Lipinski definition) is 9. The highest BCUT2D eigenvalue weighted by atomic mass is 32.2. The van der Waals surface area contributed by atoms with Crippen molar-refractivity contribution in [2.75, 3.05) is 18.9 Å². The molecule has 0 saturated heterocycles. The van der Waals surface area contributed by atoms with Gasteiger partial charge in [-0.1, -0.05) is 23.9 Å². The standard InChI is InChI=1S/C22H20N2O5S3/c1-3-28-21(26)17-15(23)13(11-12-7-5-9-30-12)16-19(22(27)29-4-2)32-18(20(25)24(16)17)14-8-6-10-31-14/h5-11,18H,3-4,23H2,1-2H3/b13-11+/t18-/m1/s1. The summed E-state index contributed by atoms with van der Waals surface area (Å²) >= 11 is 3.99. The van der Waals surface area contributed by atoms with Gasteiger partial charge in [-0.3, -0.25) is 9.36 Å². The number of anilines is 1. The van der Waals surface area contributed by atoms with Gasteiger partial charge in [-0.25, -0.2) is 9.59 Å². The Labute approximate surface area is 196 Å². The molecular formula is C22H20N2O5S3. The summed E-state index contributed by atoms with van der Waals surface area (Å²) < 4.78 is 11.7. The Bertz CT molecular complexity index is 1290. The molecule has 0 bridgehead atoms. The van der Waals surface area contributed by atoms with Crippen LogP contribution in [0, 0.1) is 0 Å². The van der Waals surface area contributed by atoms with Crippen molar-refractivity contribution in [1.82, 2.24) is 4.57 Å². The number of fused-ring (bicyclic) bond motifs is 1. The van der Waals surface area contributed by atoms with Crippen LogP contribution in [-0.2, 0) is 14.3 Å². The molecule has 1 aliphatic rings. The van der Waals surface area contributed by atoms with Crippen LogP contribution in [0.1, 0.15) is 44.1 Å².